The number of imidazole rings is 1. The Morgan fingerprint density at radius 3 is 2.41 bits per heavy atom. The molecule has 1 aliphatic rings. The van der Waals surface area contributed by atoms with E-state index in [-0.39, 0.29) is 5.54 Å². The predicted molar refractivity (Wildman–Crippen MR) is 129 cm³/mol. The molecule has 164 valence electrons. The van der Waals surface area contributed by atoms with Crippen LogP contribution in [-0.2, 0) is 5.54 Å². The summed E-state index contributed by atoms with van der Waals surface area (Å²) in [6, 6.07) is 15.0. The maximum atomic E-state index is 4.99. The van der Waals surface area contributed by atoms with E-state index in [0.717, 1.165) is 60.3 Å². The number of pyridine rings is 1. The predicted octanol–water partition coefficient (Wildman–Crippen LogP) is 4.47. The minimum Gasteiger partial charge on any atom is -0.354 e. The molecule has 1 saturated heterocycles. The molecule has 4 heterocycles. The standard InChI is InChI=1S/C26H30N6/c1-19-16-23-27-10-11-31(23)18-22(19)25-28-20(2)17-24(29-25)30-12-14-32(15-13-30)26(3,4)21-8-6-5-7-9-21/h5-11,16-18H,12-15H2,1-4H3. The van der Waals surface area contributed by atoms with Gasteiger partial charge in [0, 0.05) is 67.6 Å². The van der Waals surface area contributed by atoms with Gasteiger partial charge >= 0.3 is 0 Å². The number of fused-ring (bicyclic) bond motifs is 1. The molecule has 0 amide bonds. The second-order valence-corrected chi connectivity index (χ2v) is 9.15. The average Bonchev–Trinajstić information content (AvgIpc) is 3.26. The number of aromatic nitrogens is 4. The molecular formula is C26H30N6. The molecule has 4 aromatic rings. The summed E-state index contributed by atoms with van der Waals surface area (Å²) in [5.74, 6) is 1.79. The molecule has 0 bridgehead atoms. The maximum absolute atomic E-state index is 4.99. The van der Waals surface area contributed by atoms with Crippen molar-refractivity contribution in [2.75, 3.05) is 31.1 Å². The summed E-state index contributed by atoms with van der Waals surface area (Å²) >= 11 is 0. The van der Waals surface area contributed by atoms with E-state index in [0.29, 0.717) is 0 Å². The Bertz CT molecular complexity index is 1240. The van der Waals surface area contributed by atoms with Gasteiger partial charge in [-0.15, -0.1) is 0 Å². The van der Waals surface area contributed by atoms with Crippen LogP contribution in [-0.4, -0.2) is 50.4 Å². The van der Waals surface area contributed by atoms with Crippen molar-refractivity contribution in [2.24, 2.45) is 0 Å². The second-order valence-electron chi connectivity index (χ2n) is 9.15. The molecule has 1 fully saturated rings. The molecule has 0 spiro atoms. The first-order valence-electron chi connectivity index (χ1n) is 11.3. The first-order chi connectivity index (χ1) is 15.4. The SMILES string of the molecule is Cc1cc(N2CCN(C(C)(C)c3ccccc3)CC2)nc(-c2cn3ccnc3cc2C)n1. The summed E-state index contributed by atoms with van der Waals surface area (Å²) in [5.41, 5.74) is 5.48. The maximum Gasteiger partial charge on any atom is 0.163 e. The Balaban J connectivity index is 1.38. The number of benzene rings is 1. The highest BCUT2D eigenvalue weighted by molar-refractivity contribution is 5.64. The van der Waals surface area contributed by atoms with E-state index in [1.165, 1.54) is 5.56 Å². The number of nitrogens with zero attached hydrogens (tertiary/aromatic N) is 6. The first-order valence-corrected chi connectivity index (χ1v) is 11.3. The van der Waals surface area contributed by atoms with Gasteiger partial charge in [-0.05, 0) is 44.9 Å². The number of piperazine rings is 1. The third kappa shape index (κ3) is 3.75. The van der Waals surface area contributed by atoms with Crippen molar-refractivity contribution < 1.29 is 0 Å². The van der Waals surface area contributed by atoms with Crippen LogP contribution < -0.4 is 4.90 Å². The lowest BCUT2D eigenvalue weighted by molar-refractivity contribution is 0.111. The van der Waals surface area contributed by atoms with E-state index in [9.17, 15) is 0 Å². The Hall–Kier alpha value is -3.25. The summed E-state index contributed by atoms with van der Waals surface area (Å²) in [6.07, 6.45) is 5.86. The van der Waals surface area contributed by atoms with Crippen molar-refractivity contribution in [1.29, 1.82) is 0 Å². The van der Waals surface area contributed by atoms with Crippen LogP contribution in [0.3, 0.4) is 0 Å². The summed E-state index contributed by atoms with van der Waals surface area (Å²) in [5, 5.41) is 0. The van der Waals surface area contributed by atoms with Crippen molar-refractivity contribution in [3.8, 4) is 11.4 Å². The normalized spacial score (nSPS) is 15.4. The highest BCUT2D eigenvalue weighted by atomic mass is 15.3. The number of anilines is 1. The highest BCUT2D eigenvalue weighted by Gasteiger charge is 2.31. The molecule has 0 unspecified atom stereocenters. The molecule has 0 atom stereocenters. The lowest BCUT2D eigenvalue weighted by atomic mass is 9.91. The molecule has 0 aliphatic carbocycles. The number of hydrogen-bond donors (Lipinski definition) is 0. The second kappa shape index (κ2) is 8.02. The lowest BCUT2D eigenvalue weighted by Gasteiger charge is -2.44. The minimum atomic E-state index is 0.0113. The number of aryl methyl sites for hydroxylation is 2. The van der Waals surface area contributed by atoms with Gasteiger partial charge in [-0.25, -0.2) is 15.0 Å². The fourth-order valence-electron chi connectivity index (χ4n) is 4.65. The number of hydrogen-bond acceptors (Lipinski definition) is 5. The van der Waals surface area contributed by atoms with E-state index in [1.807, 2.05) is 16.8 Å². The van der Waals surface area contributed by atoms with Gasteiger partial charge in [0.2, 0.25) is 0 Å². The average molecular weight is 427 g/mol. The third-order valence-electron chi connectivity index (χ3n) is 6.69. The largest absolute Gasteiger partial charge is 0.354 e. The monoisotopic (exact) mass is 426 g/mol. The van der Waals surface area contributed by atoms with Crippen LogP contribution in [0, 0.1) is 13.8 Å². The van der Waals surface area contributed by atoms with Crippen LogP contribution in [0.1, 0.15) is 30.7 Å². The minimum absolute atomic E-state index is 0.0113. The molecular weight excluding hydrogens is 396 g/mol. The molecule has 6 nitrogen and oxygen atoms in total. The van der Waals surface area contributed by atoms with Gasteiger partial charge in [0.05, 0.1) is 0 Å². The van der Waals surface area contributed by atoms with Crippen molar-refractivity contribution in [2.45, 2.75) is 33.2 Å². The van der Waals surface area contributed by atoms with Crippen LogP contribution >= 0.6 is 0 Å². The summed E-state index contributed by atoms with van der Waals surface area (Å²) in [7, 11) is 0. The van der Waals surface area contributed by atoms with Gasteiger partial charge in [-0.3, -0.25) is 4.90 Å². The summed E-state index contributed by atoms with van der Waals surface area (Å²) in [4.78, 5) is 19.1. The Morgan fingerprint density at radius 2 is 1.66 bits per heavy atom. The van der Waals surface area contributed by atoms with E-state index in [1.54, 1.807) is 0 Å². The molecule has 32 heavy (non-hydrogen) atoms. The van der Waals surface area contributed by atoms with Crippen LogP contribution in [0.2, 0.25) is 0 Å². The fourth-order valence-corrected chi connectivity index (χ4v) is 4.65. The van der Waals surface area contributed by atoms with Crippen LogP contribution in [0.4, 0.5) is 5.82 Å². The summed E-state index contributed by atoms with van der Waals surface area (Å²) in [6.45, 7) is 12.7. The topological polar surface area (TPSA) is 49.6 Å². The van der Waals surface area contributed by atoms with E-state index in [4.69, 9.17) is 9.97 Å². The van der Waals surface area contributed by atoms with Crippen molar-refractivity contribution in [1.82, 2.24) is 24.3 Å². The van der Waals surface area contributed by atoms with Crippen molar-refractivity contribution in [3.63, 3.8) is 0 Å². The Labute approximate surface area is 189 Å². The van der Waals surface area contributed by atoms with Crippen molar-refractivity contribution >= 4 is 11.5 Å². The summed E-state index contributed by atoms with van der Waals surface area (Å²) < 4.78 is 2.03. The van der Waals surface area contributed by atoms with Gasteiger partial charge in [0.15, 0.2) is 5.82 Å². The first kappa shape index (κ1) is 20.6. The quantitative estimate of drug-likeness (QED) is 0.482. The molecule has 3 aromatic heterocycles. The lowest BCUT2D eigenvalue weighted by Crippen LogP contribution is -2.53. The van der Waals surface area contributed by atoms with E-state index in [2.05, 4.69) is 91.1 Å². The smallest absolute Gasteiger partial charge is 0.163 e. The molecule has 5 rings (SSSR count). The fraction of sp³-hybridized carbons (Fsp3) is 0.346. The molecule has 1 aromatic carbocycles. The molecule has 0 saturated carbocycles. The van der Waals surface area contributed by atoms with Gasteiger partial charge < -0.3 is 9.30 Å². The van der Waals surface area contributed by atoms with Crippen LogP contribution in [0.25, 0.3) is 17.0 Å². The van der Waals surface area contributed by atoms with Gasteiger partial charge in [0.1, 0.15) is 11.5 Å². The zero-order chi connectivity index (χ0) is 22.3. The van der Waals surface area contributed by atoms with Crippen LogP contribution in [0.15, 0.2) is 61.1 Å². The van der Waals surface area contributed by atoms with Gasteiger partial charge in [-0.1, -0.05) is 30.3 Å². The van der Waals surface area contributed by atoms with Gasteiger partial charge in [-0.2, -0.15) is 0 Å². The molecule has 0 N–H and O–H groups in total. The Kier molecular flexibility index (Phi) is 5.18. The molecule has 6 heteroatoms. The van der Waals surface area contributed by atoms with Gasteiger partial charge in [0.25, 0.3) is 0 Å². The van der Waals surface area contributed by atoms with E-state index >= 15 is 0 Å². The third-order valence-corrected chi connectivity index (χ3v) is 6.69. The van der Waals surface area contributed by atoms with E-state index < -0.39 is 0 Å². The zero-order valence-corrected chi connectivity index (χ0v) is 19.3. The zero-order valence-electron chi connectivity index (χ0n) is 19.3. The molecule has 1 aliphatic heterocycles. The highest BCUT2D eigenvalue weighted by Crippen LogP contribution is 2.30. The number of rotatable bonds is 4. The van der Waals surface area contributed by atoms with Crippen molar-refractivity contribution in [3.05, 3.63) is 77.9 Å². The van der Waals surface area contributed by atoms with Crippen LogP contribution in [0.5, 0.6) is 0 Å². The molecule has 0 radical (unpaired) electrons. The Morgan fingerprint density at radius 1 is 0.906 bits per heavy atom.